The van der Waals surface area contributed by atoms with Gasteiger partial charge in [-0.1, -0.05) is 0 Å². The molecule has 138 valence electrons. The van der Waals surface area contributed by atoms with Crippen LogP contribution in [0.5, 0.6) is 11.5 Å². The Kier molecular flexibility index (Phi) is 6.84. The van der Waals surface area contributed by atoms with Crippen molar-refractivity contribution in [3.63, 3.8) is 0 Å². The molecule has 2 aromatic rings. The van der Waals surface area contributed by atoms with Gasteiger partial charge >= 0.3 is 0 Å². The SMILES string of the molecule is COc1ccc(NC(=O)CCNc2ccc(NC(C)=O)cc2)c(OC)c1. The zero-order valence-electron chi connectivity index (χ0n) is 15.1. The Labute approximate surface area is 152 Å². The molecule has 0 aliphatic carbocycles. The van der Waals surface area contributed by atoms with Crippen LogP contribution in [0.15, 0.2) is 42.5 Å². The summed E-state index contributed by atoms with van der Waals surface area (Å²) in [7, 11) is 3.11. The Morgan fingerprint density at radius 2 is 1.62 bits per heavy atom. The number of methoxy groups -OCH3 is 2. The normalized spacial score (nSPS) is 9.96. The topological polar surface area (TPSA) is 88.7 Å². The summed E-state index contributed by atoms with van der Waals surface area (Å²) < 4.78 is 10.4. The number of carbonyl (C=O) groups excluding carboxylic acids is 2. The molecule has 2 amide bonds. The lowest BCUT2D eigenvalue weighted by Gasteiger charge is -2.12. The van der Waals surface area contributed by atoms with Gasteiger partial charge < -0.3 is 25.4 Å². The molecule has 0 saturated heterocycles. The van der Waals surface area contributed by atoms with Gasteiger partial charge in [0.15, 0.2) is 0 Å². The highest BCUT2D eigenvalue weighted by Gasteiger charge is 2.09. The molecule has 0 aromatic heterocycles. The van der Waals surface area contributed by atoms with Crippen molar-refractivity contribution in [1.29, 1.82) is 0 Å². The first-order valence-electron chi connectivity index (χ1n) is 8.15. The first kappa shape index (κ1) is 19.1. The summed E-state index contributed by atoms with van der Waals surface area (Å²) in [4.78, 5) is 23.1. The second kappa shape index (κ2) is 9.31. The Hall–Kier alpha value is -3.22. The van der Waals surface area contributed by atoms with Crippen molar-refractivity contribution in [2.45, 2.75) is 13.3 Å². The molecule has 0 atom stereocenters. The standard InChI is InChI=1S/C19H23N3O4/c1-13(23)21-15-6-4-14(5-7-15)20-11-10-19(24)22-17-9-8-16(25-2)12-18(17)26-3/h4-9,12,20H,10-11H2,1-3H3,(H,21,23)(H,22,24). The van der Waals surface area contributed by atoms with E-state index in [1.807, 2.05) is 12.1 Å². The van der Waals surface area contributed by atoms with Crippen LogP contribution in [0.25, 0.3) is 0 Å². The summed E-state index contributed by atoms with van der Waals surface area (Å²) in [5.74, 6) is 0.954. The summed E-state index contributed by atoms with van der Waals surface area (Å²) in [6.45, 7) is 1.94. The fourth-order valence-corrected chi connectivity index (χ4v) is 2.31. The van der Waals surface area contributed by atoms with Crippen molar-refractivity contribution in [1.82, 2.24) is 0 Å². The van der Waals surface area contributed by atoms with E-state index in [9.17, 15) is 9.59 Å². The van der Waals surface area contributed by atoms with Crippen molar-refractivity contribution in [3.05, 3.63) is 42.5 Å². The number of nitrogens with one attached hydrogen (secondary N) is 3. The fraction of sp³-hybridized carbons (Fsp3) is 0.263. The van der Waals surface area contributed by atoms with Crippen molar-refractivity contribution in [2.24, 2.45) is 0 Å². The van der Waals surface area contributed by atoms with Crippen LogP contribution in [0.3, 0.4) is 0 Å². The van der Waals surface area contributed by atoms with E-state index in [1.54, 1.807) is 37.4 Å². The van der Waals surface area contributed by atoms with Crippen LogP contribution in [0.4, 0.5) is 17.1 Å². The maximum Gasteiger partial charge on any atom is 0.226 e. The van der Waals surface area contributed by atoms with Gasteiger partial charge in [-0.2, -0.15) is 0 Å². The van der Waals surface area contributed by atoms with E-state index in [2.05, 4.69) is 16.0 Å². The predicted molar refractivity (Wildman–Crippen MR) is 102 cm³/mol. The summed E-state index contributed by atoms with van der Waals surface area (Å²) in [5.41, 5.74) is 2.19. The van der Waals surface area contributed by atoms with Crippen LogP contribution in [0.2, 0.25) is 0 Å². The van der Waals surface area contributed by atoms with E-state index >= 15 is 0 Å². The molecule has 0 heterocycles. The lowest BCUT2D eigenvalue weighted by atomic mass is 10.2. The summed E-state index contributed by atoms with van der Waals surface area (Å²) >= 11 is 0. The number of hydrogen-bond acceptors (Lipinski definition) is 5. The minimum atomic E-state index is -0.129. The number of hydrogen-bond donors (Lipinski definition) is 3. The lowest BCUT2D eigenvalue weighted by Crippen LogP contribution is -2.16. The Morgan fingerprint density at radius 3 is 2.23 bits per heavy atom. The third kappa shape index (κ3) is 5.70. The smallest absolute Gasteiger partial charge is 0.226 e. The number of ether oxygens (including phenoxy) is 2. The average molecular weight is 357 g/mol. The number of benzene rings is 2. The molecule has 0 aliphatic heterocycles. The summed E-state index contributed by atoms with van der Waals surface area (Å²) in [6.07, 6.45) is 0.294. The van der Waals surface area contributed by atoms with E-state index in [-0.39, 0.29) is 11.8 Å². The van der Waals surface area contributed by atoms with E-state index in [4.69, 9.17) is 9.47 Å². The van der Waals surface area contributed by atoms with Crippen LogP contribution in [0, 0.1) is 0 Å². The molecule has 7 nitrogen and oxygen atoms in total. The van der Waals surface area contributed by atoms with Crippen molar-refractivity contribution < 1.29 is 19.1 Å². The molecular formula is C19H23N3O4. The number of carbonyl (C=O) groups is 2. The van der Waals surface area contributed by atoms with Gasteiger partial charge in [-0.15, -0.1) is 0 Å². The fourth-order valence-electron chi connectivity index (χ4n) is 2.31. The zero-order chi connectivity index (χ0) is 18.9. The lowest BCUT2D eigenvalue weighted by molar-refractivity contribution is -0.116. The van der Waals surface area contributed by atoms with Crippen LogP contribution < -0.4 is 25.4 Å². The Balaban J connectivity index is 1.83. The molecule has 0 spiro atoms. The molecule has 7 heteroatoms. The van der Waals surface area contributed by atoms with Gasteiger partial charge in [0.05, 0.1) is 19.9 Å². The number of anilines is 3. The predicted octanol–water partition coefficient (Wildman–Crippen LogP) is 3.10. The molecular weight excluding hydrogens is 334 g/mol. The van der Waals surface area contributed by atoms with Gasteiger partial charge in [0, 0.05) is 37.3 Å². The maximum absolute atomic E-state index is 12.1. The highest BCUT2D eigenvalue weighted by atomic mass is 16.5. The number of rotatable bonds is 8. The monoisotopic (exact) mass is 357 g/mol. The van der Waals surface area contributed by atoms with Crippen molar-refractivity contribution >= 4 is 28.9 Å². The molecule has 0 fully saturated rings. The third-order valence-electron chi connectivity index (χ3n) is 3.57. The largest absolute Gasteiger partial charge is 0.497 e. The van der Waals surface area contributed by atoms with Crippen LogP contribution in [-0.2, 0) is 9.59 Å². The van der Waals surface area contributed by atoms with Gasteiger partial charge in [0.1, 0.15) is 11.5 Å². The average Bonchev–Trinajstić information content (AvgIpc) is 2.63. The van der Waals surface area contributed by atoms with Crippen LogP contribution in [-0.4, -0.2) is 32.6 Å². The molecule has 0 unspecified atom stereocenters. The molecule has 0 bridgehead atoms. The molecule has 0 aliphatic rings. The molecule has 0 saturated carbocycles. The summed E-state index contributed by atoms with van der Waals surface area (Å²) in [5, 5.41) is 8.69. The van der Waals surface area contributed by atoms with Gasteiger partial charge in [0.25, 0.3) is 0 Å². The summed E-state index contributed by atoms with van der Waals surface area (Å²) in [6, 6.07) is 12.5. The minimum absolute atomic E-state index is 0.114. The molecule has 26 heavy (non-hydrogen) atoms. The number of amides is 2. The molecule has 0 radical (unpaired) electrons. The first-order chi connectivity index (χ1) is 12.5. The highest BCUT2D eigenvalue weighted by molar-refractivity contribution is 5.92. The molecule has 2 rings (SSSR count). The minimum Gasteiger partial charge on any atom is -0.497 e. The van der Waals surface area contributed by atoms with Gasteiger partial charge in [0.2, 0.25) is 11.8 Å². The van der Waals surface area contributed by atoms with Crippen molar-refractivity contribution in [2.75, 3.05) is 36.7 Å². The van der Waals surface area contributed by atoms with Crippen LogP contribution >= 0.6 is 0 Å². The second-order valence-electron chi connectivity index (χ2n) is 5.55. The van der Waals surface area contributed by atoms with Crippen molar-refractivity contribution in [3.8, 4) is 11.5 Å². The molecule has 2 aromatic carbocycles. The van der Waals surface area contributed by atoms with E-state index in [1.165, 1.54) is 14.0 Å². The third-order valence-corrected chi connectivity index (χ3v) is 3.57. The maximum atomic E-state index is 12.1. The highest BCUT2D eigenvalue weighted by Crippen LogP contribution is 2.29. The molecule has 3 N–H and O–H groups in total. The Morgan fingerprint density at radius 1 is 0.923 bits per heavy atom. The van der Waals surface area contributed by atoms with E-state index < -0.39 is 0 Å². The van der Waals surface area contributed by atoms with E-state index in [0.717, 1.165) is 11.4 Å². The zero-order valence-corrected chi connectivity index (χ0v) is 15.1. The Bertz CT molecular complexity index is 760. The first-order valence-corrected chi connectivity index (χ1v) is 8.15. The van der Waals surface area contributed by atoms with Gasteiger partial charge in [-0.25, -0.2) is 0 Å². The second-order valence-corrected chi connectivity index (χ2v) is 5.55. The van der Waals surface area contributed by atoms with Gasteiger partial charge in [-0.3, -0.25) is 9.59 Å². The van der Waals surface area contributed by atoms with Crippen LogP contribution in [0.1, 0.15) is 13.3 Å². The quantitative estimate of drug-likeness (QED) is 0.676. The van der Waals surface area contributed by atoms with E-state index in [0.29, 0.717) is 30.2 Å². The van der Waals surface area contributed by atoms with Gasteiger partial charge in [-0.05, 0) is 36.4 Å².